The highest BCUT2D eigenvalue weighted by Crippen LogP contribution is 2.29. The van der Waals surface area contributed by atoms with Gasteiger partial charge in [-0.25, -0.2) is 0 Å². The van der Waals surface area contributed by atoms with E-state index in [0.717, 1.165) is 24.4 Å². The van der Waals surface area contributed by atoms with E-state index in [4.69, 9.17) is 9.47 Å². The normalized spacial score (nSPS) is 20.6. The topological polar surface area (TPSA) is 91.4 Å². The summed E-state index contributed by atoms with van der Waals surface area (Å²) in [7, 11) is 3.09. The molecular formula is C26H40N4O5. The van der Waals surface area contributed by atoms with Crippen molar-refractivity contribution >= 4 is 17.7 Å². The molecule has 3 rings (SSSR count). The van der Waals surface area contributed by atoms with Crippen LogP contribution in [0.2, 0.25) is 0 Å². The third-order valence-corrected chi connectivity index (χ3v) is 6.51. The summed E-state index contributed by atoms with van der Waals surface area (Å²) in [6.07, 6.45) is 0.786. The summed E-state index contributed by atoms with van der Waals surface area (Å²) in [5.41, 5.74) is 0.752. The second-order valence-electron chi connectivity index (χ2n) is 10.6. The number of carbonyl (C=O) groups is 3. The maximum absolute atomic E-state index is 13.5. The molecule has 0 aromatic heterocycles. The minimum atomic E-state index is -0.601. The summed E-state index contributed by atoms with van der Waals surface area (Å²) in [5, 5.41) is 3.26. The molecule has 2 aliphatic heterocycles. The highest BCUT2D eigenvalue weighted by atomic mass is 16.5. The van der Waals surface area contributed by atoms with Gasteiger partial charge < -0.3 is 29.5 Å². The van der Waals surface area contributed by atoms with Crippen LogP contribution >= 0.6 is 0 Å². The Morgan fingerprint density at radius 1 is 1.14 bits per heavy atom. The molecule has 2 aliphatic rings. The number of hydrogen-bond donors (Lipinski definition) is 1. The molecule has 2 heterocycles. The number of nitrogens with one attached hydrogen (secondary N) is 1. The number of piperazine rings is 1. The lowest BCUT2D eigenvalue weighted by Gasteiger charge is -2.32. The maximum Gasteiger partial charge on any atom is 0.249 e. The van der Waals surface area contributed by atoms with Crippen LogP contribution in [-0.4, -0.2) is 98.1 Å². The minimum Gasteiger partial charge on any atom is -0.497 e. The standard InChI is InChI=1S/C26H40N4O5/c1-26(2,3)15-23(31)29(16-19-7-6-8-21(13-19)35-5)20-14-22(30(17-20)24(32)18-34-4)25(33)28-11-9-27-10-12-28/h6-8,13,20,22,27H,9-12,14-18H2,1-5H3. The van der Waals surface area contributed by atoms with E-state index in [0.29, 0.717) is 39.0 Å². The summed E-state index contributed by atoms with van der Waals surface area (Å²) >= 11 is 0. The number of methoxy groups -OCH3 is 2. The molecule has 194 valence electrons. The van der Waals surface area contributed by atoms with Gasteiger partial charge in [0.1, 0.15) is 18.4 Å². The van der Waals surface area contributed by atoms with E-state index in [2.05, 4.69) is 5.32 Å². The highest BCUT2D eigenvalue weighted by molar-refractivity contribution is 5.89. The van der Waals surface area contributed by atoms with Crippen molar-refractivity contribution in [3.05, 3.63) is 29.8 Å². The van der Waals surface area contributed by atoms with Crippen LogP contribution in [0, 0.1) is 5.41 Å². The van der Waals surface area contributed by atoms with Gasteiger partial charge in [-0.05, 0) is 29.5 Å². The van der Waals surface area contributed by atoms with Crippen molar-refractivity contribution in [1.29, 1.82) is 0 Å². The number of ether oxygens (including phenoxy) is 2. The molecule has 35 heavy (non-hydrogen) atoms. The minimum absolute atomic E-state index is 0.0136. The smallest absolute Gasteiger partial charge is 0.249 e. The van der Waals surface area contributed by atoms with Crippen LogP contribution in [0.1, 0.15) is 39.2 Å². The van der Waals surface area contributed by atoms with Gasteiger partial charge in [0.15, 0.2) is 0 Å². The lowest BCUT2D eigenvalue weighted by Crippen LogP contribution is -2.53. The molecule has 0 aliphatic carbocycles. The molecule has 2 atom stereocenters. The Morgan fingerprint density at radius 2 is 1.86 bits per heavy atom. The molecule has 0 radical (unpaired) electrons. The molecule has 1 N–H and O–H groups in total. The molecule has 2 unspecified atom stereocenters. The summed E-state index contributed by atoms with van der Waals surface area (Å²) in [6, 6.07) is 6.79. The summed E-state index contributed by atoms with van der Waals surface area (Å²) in [6.45, 7) is 9.41. The van der Waals surface area contributed by atoms with Gasteiger partial charge in [-0.1, -0.05) is 32.9 Å². The predicted octanol–water partition coefficient (Wildman–Crippen LogP) is 1.51. The zero-order chi connectivity index (χ0) is 25.6. The number of carbonyl (C=O) groups excluding carboxylic acids is 3. The van der Waals surface area contributed by atoms with Crippen LogP contribution in [0.5, 0.6) is 5.75 Å². The first-order chi connectivity index (χ1) is 16.6. The number of benzene rings is 1. The molecule has 9 nitrogen and oxygen atoms in total. The molecule has 0 spiro atoms. The zero-order valence-corrected chi connectivity index (χ0v) is 21.7. The fraction of sp³-hybridized carbons (Fsp3) is 0.654. The second kappa shape index (κ2) is 11.9. The monoisotopic (exact) mass is 488 g/mol. The lowest BCUT2D eigenvalue weighted by atomic mass is 9.91. The fourth-order valence-electron chi connectivity index (χ4n) is 4.80. The molecule has 9 heteroatoms. The van der Waals surface area contributed by atoms with E-state index in [1.54, 1.807) is 12.0 Å². The van der Waals surface area contributed by atoms with Crippen molar-refractivity contribution in [2.24, 2.45) is 5.41 Å². The van der Waals surface area contributed by atoms with Crippen LogP contribution in [0.15, 0.2) is 24.3 Å². The Balaban J connectivity index is 1.88. The molecule has 0 bridgehead atoms. The Hall–Kier alpha value is -2.65. The summed E-state index contributed by atoms with van der Waals surface area (Å²) < 4.78 is 10.5. The van der Waals surface area contributed by atoms with E-state index >= 15 is 0 Å². The largest absolute Gasteiger partial charge is 0.497 e. The predicted molar refractivity (Wildman–Crippen MR) is 133 cm³/mol. The number of amides is 3. The molecular weight excluding hydrogens is 448 g/mol. The lowest BCUT2D eigenvalue weighted by molar-refractivity contribution is -0.146. The van der Waals surface area contributed by atoms with Crippen molar-refractivity contribution < 1.29 is 23.9 Å². The van der Waals surface area contributed by atoms with Gasteiger partial charge in [0.2, 0.25) is 17.7 Å². The molecule has 2 fully saturated rings. The Morgan fingerprint density at radius 3 is 2.49 bits per heavy atom. The van der Waals surface area contributed by atoms with E-state index in [1.165, 1.54) is 7.11 Å². The van der Waals surface area contributed by atoms with Gasteiger partial charge in [-0.3, -0.25) is 14.4 Å². The molecule has 1 aromatic rings. The van der Waals surface area contributed by atoms with Crippen molar-refractivity contribution in [3.63, 3.8) is 0 Å². The van der Waals surface area contributed by atoms with Crippen molar-refractivity contribution in [3.8, 4) is 5.75 Å². The average molecular weight is 489 g/mol. The highest BCUT2D eigenvalue weighted by Gasteiger charge is 2.44. The van der Waals surface area contributed by atoms with E-state index in [9.17, 15) is 14.4 Å². The van der Waals surface area contributed by atoms with Gasteiger partial charge >= 0.3 is 0 Å². The fourth-order valence-corrected chi connectivity index (χ4v) is 4.80. The third kappa shape index (κ3) is 7.18. The van der Waals surface area contributed by atoms with Crippen LogP contribution in [0.3, 0.4) is 0 Å². The van der Waals surface area contributed by atoms with Crippen molar-refractivity contribution in [2.75, 3.05) is 53.6 Å². The van der Waals surface area contributed by atoms with Crippen molar-refractivity contribution in [1.82, 2.24) is 20.0 Å². The zero-order valence-electron chi connectivity index (χ0n) is 21.7. The second-order valence-corrected chi connectivity index (χ2v) is 10.6. The van der Waals surface area contributed by atoms with E-state index in [1.807, 2.05) is 54.8 Å². The molecule has 2 saturated heterocycles. The Bertz CT molecular complexity index is 894. The average Bonchev–Trinajstić information content (AvgIpc) is 3.27. The van der Waals surface area contributed by atoms with Gasteiger partial charge in [0.25, 0.3) is 0 Å². The van der Waals surface area contributed by atoms with E-state index < -0.39 is 6.04 Å². The Labute approximate surface area is 208 Å². The number of rotatable bonds is 8. The Kier molecular flexibility index (Phi) is 9.13. The van der Waals surface area contributed by atoms with Gasteiger partial charge in [-0.2, -0.15) is 0 Å². The number of nitrogens with zero attached hydrogens (tertiary/aromatic N) is 3. The number of hydrogen-bond acceptors (Lipinski definition) is 6. The van der Waals surface area contributed by atoms with Gasteiger partial charge in [-0.15, -0.1) is 0 Å². The van der Waals surface area contributed by atoms with Crippen LogP contribution in [0.25, 0.3) is 0 Å². The van der Waals surface area contributed by atoms with Crippen molar-refractivity contribution in [2.45, 2.75) is 52.2 Å². The molecule has 1 aromatic carbocycles. The molecule has 3 amide bonds. The van der Waals surface area contributed by atoms with Crippen LogP contribution in [0.4, 0.5) is 0 Å². The number of likely N-dealkylation sites (tertiary alicyclic amines) is 1. The van der Waals surface area contributed by atoms with Crippen LogP contribution < -0.4 is 10.1 Å². The maximum atomic E-state index is 13.5. The SMILES string of the molecule is COCC(=O)N1CC(N(Cc2cccc(OC)c2)C(=O)CC(C)(C)C)CC1C(=O)N1CCNCC1. The summed E-state index contributed by atoms with van der Waals surface area (Å²) in [5.74, 6) is 0.455. The molecule has 0 saturated carbocycles. The third-order valence-electron chi connectivity index (χ3n) is 6.51. The quantitative estimate of drug-likeness (QED) is 0.597. The van der Waals surface area contributed by atoms with E-state index in [-0.39, 0.29) is 35.8 Å². The summed E-state index contributed by atoms with van der Waals surface area (Å²) in [4.78, 5) is 45.2. The van der Waals surface area contributed by atoms with Crippen LogP contribution in [-0.2, 0) is 25.7 Å². The first-order valence-corrected chi connectivity index (χ1v) is 12.3. The van der Waals surface area contributed by atoms with Gasteiger partial charge in [0.05, 0.1) is 13.2 Å². The van der Waals surface area contributed by atoms with Gasteiger partial charge in [0, 0.05) is 52.8 Å². The first kappa shape index (κ1) is 26.9. The first-order valence-electron chi connectivity index (χ1n) is 12.3.